The first-order valence-corrected chi connectivity index (χ1v) is 9.78. The Kier molecular flexibility index (Phi) is 8.88. The minimum absolute atomic E-state index is 0.913. The SMILES string of the molecule is CN1CC2CCCC2C1.CN1CCCCC1.CN1CCOCC1. The lowest BCUT2D eigenvalue weighted by Gasteiger charge is -2.21. The molecule has 0 bridgehead atoms. The number of rotatable bonds is 0. The molecule has 23 heavy (non-hydrogen) atoms. The number of likely N-dealkylation sites (tertiary alicyclic amines) is 2. The second-order valence-electron chi connectivity index (χ2n) is 7.95. The molecular formula is C19H39N3O. The molecule has 2 atom stereocenters. The molecule has 0 aromatic rings. The summed E-state index contributed by atoms with van der Waals surface area (Å²) in [6.07, 6.45) is 8.80. The standard InChI is InChI=1S/C8H15N.C6H13N.C5H11NO/c1-9-5-7-3-2-4-8(7)6-9;1-7-5-3-2-4-6-7;1-6-2-4-7-5-3-6/h7-8H,2-6H2,1H3;2-6H2,1H3;2-5H2,1H3. The van der Waals surface area contributed by atoms with E-state index in [0.29, 0.717) is 0 Å². The number of morpholine rings is 1. The van der Waals surface area contributed by atoms with E-state index in [0.717, 1.165) is 38.1 Å². The van der Waals surface area contributed by atoms with Crippen molar-refractivity contribution in [3.8, 4) is 0 Å². The van der Waals surface area contributed by atoms with Crippen LogP contribution in [-0.2, 0) is 4.74 Å². The summed E-state index contributed by atoms with van der Waals surface area (Å²) < 4.78 is 5.10. The summed E-state index contributed by atoms with van der Waals surface area (Å²) >= 11 is 0. The third kappa shape index (κ3) is 7.51. The molecular weight excluding hydrogens is 286 g/mol. The quantitative estimate of drug-likeness (QED) is 0.681. The smallest absolute Gasteiger partial charge is 0.0594 e. The minimum Gasteiger partial charge on any atom is -0.379 e. The molecule has 0 aromatic carbocycles. The van der Waals surface area contributed by atoms with Crippen LogP contribution >= 0.6 is 0 Å². The lowest BCUT2D eigenvalue weighted by molar-refractivity contribution is 0.0503. The number of hydrogen-bond acceptors (Lipinski definition) is 4. The number of hydrogen-bond donors (Lipinski definition) is 0. The zero-order chi connectivity index (χ0) is 16.5. The van der Waals surface area contributed by atoms with Gasteiger partial charge >= 0.3 is 0 Å². The highest BCUT2D eigenvalue weighted by Gasteiger charge is 2.33. The summed E-state index contributed by atoms with van der Waals surface area (Å²) in [5.41, 5.74) is 0. The number of nitrogens with zero attached hydrogens (tertiary/aromatic N) is 3. The van der Waals surface area contributed by atoms with Crippen LogP contribution in [0.1, 0.15) is 38.5 Å². The molecule has 4 fully saturated rings. The third-order valence-corrected chi connectivity index (χ3v) is 5.72. The van der Waals surface area contributed by atoms with Crippen molar-refractivity contribution in [2.24, 2.45) is 11.8 Å². The van der Waals surface area contributed by atoms with Gasteiger partial charge in [-0.2, -0.15) is 0 Å². The second kappa shape index (κ2) is 10.7. The molecule has 3 aliphatic heterocycles. The molecule has 3 saturated heterocycles. The molecule has 4 heteroatoms. The van der Waals surface area contributed by atoms with Crippen LogP contribution < -0.4 is 0 Å². The van der Waals surface area contributed by atoms with Gasteiger partial charge in [0, 0.05) is 26.2 Å². The highest BCUT2D eigenvalue weighted by molar-refractivity contribution is 4.86. The molecule has 4 rings (SSSR count). The van der Waals surface area contributed by atoms with Gasteiger partial charge in [-0.1, -0.05) is 12.8 Å². The number of ether oxygens (including phenoxy) is 1. The Morgan fingerprint density at radius 1 is 0.609 bits per heavy atom. The largest absolute Gasteiger partial charge is 0.379 e. The number of piperidine rings is 1. The van der Waals surface area contributed by atoms with Gasteiger partial charge in [-0.3, -0.25) is 0 Å². The fourth-order valence-corrected chi connectivity index (χ4v) is 4.18. The average molecular weight is 326 g/mol. The van der Waals surface area contributed by atoms with Gasteiger partial charge in [0.1, 0.15) is 0 Å². The van der Waals surface area contributed by atoms with Crippen LogP contribution in [-0.4, -0.2) is 88.3 Å². The van der Waals surface area contributed by atoms with Crippen LogP contribution in [0.2, 0.25) is 0 Å². The predicted molar refractivity (Wildman–Crippen MR) is 98.0 cm³/mol. The Morgan fingerprint density at radius 2 is 1.13 bits per heavy atom. The molecule has 0 amide bonds. The van der Waals surface area contributed by atoms with E-state index in [2.05, 4.69) is 35.8 Å². The maximum absolute atomic E-state index is 5.10. The fourth-order valence-electron chi connectivity index (χ4n) is 4.18. The topological polar surface area (TPSA) is 19.0 Å². The van der Waals surface area contributed by atoms with Crippen molar-refractivity contribution in [2.75, 3.05) is 73.6 Å². The lowest BCUT2D eigenvalue weighted by atomic mass is 10.0. The van der Waals surface area contributed by atoms with E-state index in [1.54, 1.807) is 0 Å². The maximum atomic E-state index is 5.10. The van der Waals surface area contributed by atoms with Gasteiger partial charge in [-0.05, 0) is 71.8 Å². The zero-order valence-corrected chi connectivity index (χ0v) is 15.8. The van der Waals surface area contributed by atoms with E-state index in [1.165, 1.54) is 64.7 Å². The zero-order valence-electron chi connectivity index (χ0n) is 15.8. The summed E-state index contributed by atoms with van der Waals surface area (Å²) in [4.78, 5) is 7.14. The monoisotopic (exact) mass is 325 g/mol. The average Bonchev–Trinajstić information content (AvgIpc) is 3.10. The molecule has 0 spiro atoms. The van der Waals surface area contributed by atoms with Crippen molar-refractivity contribution in [1.82, 2.24) is 14.7 Å². The van der Waals surface area contributed by atoms with Crippen LogP contribution in [0.3, 0.4) is 0 Å². The molecule has 1 saturated carbocycles. The molecule has 136 valence electrons. The molecule has 3 heterocycles. The van der Waals surface area contributed by atoms with E-state index < -0.39 is 0 Å². The lowest BCUT2D eigenvalue weighted by Crippen LogP contribution is -2.32. The van der Waals surface area contributed by atoms with E-state index >= 15 is 0 Å². The summed E-state index contributed by atoms with van der Waals surface area (Å²) in [6.45, 7) is 9.42. The Hall–Kier alpha value is -0.160. The molecule has 0 N–H and O–H groups in total. The van der Waals surface area contributed by atoms with Gasteiger partial charge in [-0.25, -0.2) is 0 Å². The first-order chi connectivity index (χ1) is 11.1. The molecule has 4 aliphatic rings. The Labute approximate surface area is 144 Å². The summed E-state index contributed by atoms with van der Waals surface area (Å²) in [6, 6.07) is 0. The maximum Gasteiger partial charge on any atom is 0.0594 e. The van der Waals surface area contributed by atoms with Gasteiger partial charge < -0.3 is 19.4 Å². The summed E-state index contributed by atoms with van der Waals surface area (Å²) in [7, 11) is 6.56. The van der Waals surface area contributed by atoms with Gasteiger partial charge in [0.25, 0.3) is 0 Å². The van der Waals surface area contributed by atoms with Gasteiger partial charge in [-0.15, -0.1) is 0 Å². The summed E-state index contributed by atoms with van der Waals surface area (Å²) in [5.74, 6) is 2.16. The molecule has 2 unspecified atom stereocenters. The minimum atomic E-state index is 0.913. The van der Waals surface area contributed by atoms with Crippen molar-refractivity contribution < 1.29 is 4.74 Å². The normalized spacial score (nSPS) is 32.5. The van der Waals surface area contributed by atoms with E-state index in [1.807, 2.05) is 0 Å². The summed E-state index contributed by atoms with van der Waals surface area (Å²) in [5, 5.41) is 0. The first-order valence-electron chi connectivity index (χ1n) is 9.78. The molecule has 0 aromatic heterocycles. The first kappa shape index (κ1) is 19.2. The molecule has 1 aliphatic carbocycles. The predicted octanol–water partition coefficient (Wildman–Crippen LogP) is 2.40. The van der Waals surface area contributed by atoms with Gasteiger partial charge in [0.2, 0.25) is 0 Å². The highest BCUT2D eigenvalue weighted by atomic mass is 16.5. The fraction of sp³-hybridized carbons (Fsp3) is 1.00. The van der Waals surface area contributed by atoms with Crippen molar-refractivity contribution in [1.29, 1.82) is 0 Å². The number of likely N-dealkylation sites (N-methyl/N-ethyl adjacent to an activating group) is 1. The third-order valence-electron chi connectivity index (χ3n) is 5.72. The van der Waals surface area contributed by atoms with Crippen molar-refractivity contribution in [3.63, 3.8) is 0 Å². The van der Waals surface area contributed by atoms with Crippen LogP contribution in [0.25, 0.3) is 0 Å². The van der Waals surface area contributed by atoms with Crippen LogP contribution in [0.5, 0.6) is 0 Å². The van der Waals surface area contributed by atoms with E-state index in [4.69, 9.17) is 4.74 Å². The van der Waals surface area contributed by atoms with Gasteiger partial charge in [0.15, 0.2) is 0 Å². The van der Waals surface area contributed by atoms with Gasteiger partial charge in [0.05, 0.1) is 13.2 Å². The Morgan fingerprint density at radius 3 is 1.52 bits per heavy atom. The Balaban J connectivity index is 0.000000127. The van der Waals surface area contributed by atoms with Crippen molar-refractivity contribution >= 4 is 0 Å². The Bertz CT molecular complexity index is 273. The highest BCUT2D eigenvalue weighted by Crippen LogP contribution is 2.36. The van der Waals surface area contributed by atoms with Crippen molar-refractivity contribution in [3.05, 3.63) is 0 Å². The van der Waals surface area contributed by atoms with E-state index in [-0.39, 0.29) is 0 Å². The van der Waals surface area contributed by atoms with Crippen LogP contribution in [0.15, 0.2) is 0 Å². The molecule has 0 radical (unpaired) electrons. The van der Waals surface area contributed by atoms with E-state index in [9.17, 15) is 0 Å². The van der Waals surface area contributed by atoms with Crippen LogP contribution in [0.4, 0.5) is 0 Å². The van der Waals surface area contributed by atoms with Crippen molar-refractivity contribution in [2.45, 2.75) is 38.5 Å². The molecule has 4 nitrogen and oxygen atoms in total. The van der Waals surface area contributed by atoms with Crippen LogP contribution in [0, 0.1) is 11.8 Å². The number of fused-ring (bicyclic) bond motifs is 1. The second-order valence-corrected chi connectivity index (χ2v) is 7.95.